The molecule has 0 fully saturated rings. The lowest BCUT2D eigenvalue weighted by atomic mass is 9.70. The zero-order valence-electron chi connectivity index (χ0n) is 26.3. The first-order chi connectivity index (χ1) is 18.8. The van der Waals surface area contributed by atoms with E-state index >= 15 is 0 Å². The fourth-order valence-electron chi connectivity index (χ4n) is 6.06. The number of aliphatic hydroxyl groups excluding tert-OH is 1. The molecule has 0 unspecified atom stereocenters. The number of pyridine rings is 1. The second-order valence-corrected chi connectivity index (χ2v) is 19.5. The molecule has 0 radical (unpaired) electrons. The summed E-state index contributed by atoms with van der Waals surface area (Å²) in [7, 11) is -2.03. The van der Waals surface area contributed by atoms with Crippen molar-refractivity contribution in [1.29, 1.82) is 0 Å². The van der Waals surface area contributed by atoms with Gasteiger partial charge >= 0.3 is 6.18 Å². The van der Waals surface area contributed by atoms with Gasteiger partial charge in [0.2, 0.25) is 8.32 Å². The van der Waals surface area contributed by atoms with Crippen molar-refractivity contribution in [3.05, 3.63) is 75.3 Å². The van der Waals surface area contributed by atoms with E-state index in [9.17, 15) is 18.3 Å². The highest BCUT2D eigenvalue weighted by atomic mass is 28.4. The van der Waals surface area contributed by atoms with Gasteiger partial charge in [-0.2, -0.15) is 13.2 Å². The Labute approximate surface area is 245 Å². The average molecular weight is 588 g/mol. The van der Waals surface area contributed by atoms with Crippen LogP contribution in [0.4, 0.5) is 13.2 Å². The smallest absolute Gasteiger partial charge is 0.416 e. The summed E-state index contributed by atoms with van der Waals surface area (Å²) in [6.07, 6.45) is 2.13. The molecule has 0 saturated carbocycles. The SMILES string of the molecule is CC(C)c1nc2c(c([C@H]3CCC=C(O[Si](C)(C)C(C)(C)C)C3)c1[C@H](O)c1ccc(C(F)(F)F)cc1)CCC(C)(C)C2. The van der Waals surface area contributed by atoms with Gasteiger partial charge in [0.1, 0.15) is 6.10 Å². The van der Waals surface area contributed by atoms with Crippen LogP contribution in [0.5, 0.6) is 0 Å². The predicted molar refractivity (Wildman–Crippen MR) is 163 cm³/mol. The van der Waals surface area contributed by atoms with E-state index in [0.29, 0.717) is 5.56 Å². The van der Waals surface area contributed by atoms with Gasteiger partial charge in [-0.05, 0) is 102 Å². The molecule has 0 amide bonds. The molecule has 1 heterocycles. The molecule has 226 valence electrons. The highest BCUT2D eigenvalue weighted by Gasteiger charge is 2.41. The van der Waals surface area contributed by atoms with Crippen molar-refractivity contribution in [2.45, 2.75) is 129 Å². The van der Waals surface area contributed by atoms with Crippen LogP contribution in [0.3, 0.4) is 0 Å². The van der Waals surface area contributed by atoms with Gasteiger partial charge in [0.25, 0.3) is 0 Å². The van der Waals surface area contributed by atoms with Gasteiger partial charge in [-0.15, -0.1) is 0 Å². The Morgan fingerprint density at radius 3 is 2.27 bits per heavy atom. The summed E-state index contributed by atoms with van der Waals surface area (Å²) >= 11 is 0. The molecule has 0 bridgehead atoms. The van der Waals surface area contributed by atoms with Gasteiger partial charge in [-0.25, -0.2) is 0 Å². The maximum Gasteiger partial charge on any atom is 0.416 e. The molecule has 7 heteroatoms. The molecule has 2 aromatic rings. The van der Waals surface area contributed by atoms with Gasteiger partial charge in [0, 0.05) is 23.4 Å². The molecule has 0 spiro atoms. The maximum absolute atomic E-state index is 13.3. The van der Waals surface area contributed by atoms with Crippen LogP contribution in [-0.4, -0.2) is 18.4 Å². The first-order valence-electron chi connectivity index (χ1n) is 15.1. The monoisotopic (exact) mass is 587 g/mol. The van der Waals surface area contributed by atoms with Crippen molar-refractivity contribution in [3.8, 4) is 0 Å². The standard InChI is InChI=1S/C34H48F3NO2Si/c1-21(2)30-29(31(39)22-13-15-24(16-14-22)34(35,36)37)28(26-17-18-33(6,7)20-27(26)38-30)23-11-10-12-25(19-23)40-41(8,9)32(3,4)5/h12-16,21,23,31,39H,10-11,17-20H2,1-9H3/t23-,31+/m0/s1. The first-order valence-corrected chi connectivity index (χ1v) is 18.0. The van der Waals surface area contributed by atoms with Crippen LogP contribution in [0.2, 0.25) is 18.1 Å². The fraction of sp³-hybridized carbons (Fsp3) is 0.618. The highest BCUT2D eigenvalue weighted by Crippen LogP contribution is 2.48. The summed E-state index contributed by atoms with van der Waals surface area (Å²) < 4.78 is 46.7. The van der Waals surface area contributed by atoms with Gasteiger partial charge in [0.05, 0.1) is 11.3 Å². The summed E-state index contributed by atoms with van der Waals surface area (Å²) in [6.45, 7) is 20.0. The summed E-state index contributed by atoms with van der Waals surface area (Å²) in [5, 5.41) is 12.0. The van der Waals surface area contributed by atoms with Gasteiger partial charge in [0.15, 0.2) is 0 Å². The summed E-state index contributed by atoms with van der Waals surface area (Å²) in [5.74, 6) is 1.23. The van der Waals surface area contributed by atoms with Crippen molar-refractivity contribution in [1.82, 2.24) is 4.98 Å². The number of nitrogens with zero attached hydrogens (tertiary/aromatic N) is 1. The Balaban J connectivity index is 1.85. The normalized spacial score (nSPS) is 20.4. The van der Waals surface area contributed by atoms with Gasteiger partial charge in [-0.3, -0.25) is 4.98 Å². The van der Waals surface area contributed by atoms with E-state index < -0.39 is 26.2 Å². The Kier molecular flexibility index (Phi) is 8.67. The molecule has 1 N–H and O–H groups in total. The number of halogens is 3. The van der Waals surface area contributed by atoms with E-state index in [1.165, 1.54) is 17.7 Å². The zero-order chi connectivity index (χ0) is 30.5. The second-order valence-electron chi connectivity index (χ2n) is 14.8. The number of aliphatic hydroxyl groups is 1. The largest absolute Gasteiger partial charge is 0.547 e. The molecule has 3 nitrogen and oxygen atoms in total. The van der Waals surface area contributed by atoms with E-state index in [4.69, 9.17) is 9.41 Å². The maximum atomic E-state index is 13.3. The van der Waals surface area contributed by atoms with Gasteiger partial charge < -0.3 is 9.53 Å². The van der Waals surface area contributed by atoms with Crippen molar-refractivity contribution < 1.29 is 22.7 Å². The van der Waals surface area contributed by atoms with Crippen LogP contribution in [0.15, 0.2) is 36.1 Å². The van der Waals surface area contributed by atoms with E-state index in [1.54, 1.807) is 0 Å². The Morgan fingerprint density at radius 1 is 1.07 bits per heavy atom. The minimum absolute atomic E-state index is 0.0465. The van der Waals surface area contributed by atoms with Crippen LogP contribution in [0.1, 0.15) is 131 Å². The number of aromatic nitrogens is 1. The van der Waals surface area contributed by atoms with Crippen molar-refractivity contribution in [2.75, 3.05) is 0 Å². The van der Waals surface area contributed by atoms with Crippen LogP contribution >= 0.6 is 0 Å². The lowest BCUT2D eigenvalue weighted by molar-refractivity contribution is -0.137. The first kappa shape index (κ1) is 31.8. The summed E-state index contributed by atoms with van der Waals surface area (Å²) in [5.41, 5.74) is 5.03. The fourth-order valence-corrected chi connectivity index (χ4v) is 7.19. The number of rotatable bonds is 6. The summed E-state index contributed by atoms with van der Waals surface area (Å²) in [4.78, 5) is 5.20. The van der Waals surface area contributed by atoms with Crippen molar-refractivity contribution >= 4 is 8.32 Å². The van der Waals surface area contributed by atoms with E-state index in [1.807, 2.05) is 0 Å². The molecule has 1 aromatic heterocycles. The number of hydrogen-bond acceptors (Lipinski definition) is 3. The average Bonchev–Trinajstić information content (AvgIpc) is 2.85. The Hall–Kier alpha value is -2.12. The van der Waals surface area contributed by atoms with Gasteiger partial charge in [-0.1, -0.05) is 60.6 Å². The molecule has 41 heavy (non-hydrogen) atoms. The Morgan fingerprint density at radius 2 is 1.71 bits per heavy atom. The third kappa shape index (κ3) is 6.77. The molecule has 2 atom stereocenters. The molecule has 2 aliphatic carbocycles. The predicted octanol–water partition coefficient (Wildman–Crippen LogP) is 9.99. The molecule has 1 aromatic carbocycles. The minimum atomic E-state index is -4.42. The molecule has 0 saturated heterocycles. The third-order valence-corrected chi connectivity index (χ3v) is 13.9. The number of benzene rings is 1. The quantitative estimate of drug-likeness (QED) is 0.342. The van der Waals surface area contributed by atoms with Crippen molar-refractivity contribution in [2.24, 2.45) is 5.41 Å². The number of alkyl halides is 3. The van der Waals surface area contributed by atoms with Crippen LogP contribution < -0.4 is 0 Å². The Bertz CT molecular complexity index is 1290. The van der Waals surface area contributed by atoms with E-state index in [0.717, 1.165) is 78.9 Å². The number of fused-ring (bicyclic) bond motifs is 1. The number of hydrogen-bond donors (Lipinski definition) is 1. The molecule has 0 aliphatic heterocycles. The van der Waals surface area contributed by atoms with Crippen LogP contribution in [0, 0.1) is 5.41 Å². The molecular weight excluding hydrogens is 539 g/mol. The van der Waals surface area contributed by atoms with E-state index in [2.05, 4.69) is 67.6 Å². The van der Waals surface area contributed by atoms with Crippen LogP contribution in [-0.2, 0) is 23.4 Å². The van der Waals surface area contributed by atoms with Crippen molar-refractivity contribution in [3.63, 3.8) is 0 Å². The summed E-state index contributed by atoms with van der Waals surface area (Å²) in [6, 6.07) is 4.96. The van der Waals surface area contributed by atoms with E-state index in [-0.39, 0.29) is 22.3 Å². The zero-order valence-corrected chi connectivity index (χ0v) is 27.3. The molecular formula is C34H48F3NO2Si. The molecule has 2 aliphatic rings. The van der Waals surface area contributed by atoms with Crippen LogP contribution in [0.25, 0.3) is 0 Å². The highest BCUT2D eigenvalue weighted by molar-refractivity contribution is 6.74. The topological polar surface area (TPSA) is 42.4 Å². The minimum Gasteiger partial charge on any atom is -0.547 e. The number of allylic oxidation sites excluding steroid dienone is 2. The lowest BCUT2D eigenvalue weighted by Crippen LogP contribution is -2.40. The second kappa shape index (κ2) is 11.2. The lowest BCUT2D eigenvalue weighted by Gasteiger charge is -2.40. The molecule has 4 rings (SSSR count). The third-order valence-electron chi connectivity index (χ3n) is 9.50.